The zero-order valence-electron chi connectivity index (χ0n) is 11.9. The zero-order chi connectivity index (χ0) is 14.4. The molecule has 0 heterocycles. The van der Waals surface area contributed by atoms with Gasteiger partial charge in [-0.15, -0.1) is 0 Å². The molecule has 0 aromatic heterocycles. The molecule has 20 heavy (non-hydrogen) atoms. The molecule has 1 unspecified atom stereocenters. The van der Waals surface area contributed by atoms with Crippen molar-refractivity contribution in [3.63, 3.8) is 0 Å². The second kappa shape index (κ2) is 7.06. The lowest BCUT2D eigenvalue weighted by Gasteiger charge is -2.17. The lowest BCUT2D eigenvalue weighted by molar-refractivity contribution is 0.722. The van der Waals surface area contributed by atoms with E-state index in [-0.39, 0.29) is 6.04 Å². The molecule has 2 aromatic rings. The number of anilines is 1. The fourth-order valence-corrected chi connectivity index (χ4v) is 2.31. The highest BCUT2D eigenvalue weighted by Crippen LogP contribution is 2.14. The van der Waals surface area contributed by atoms with Gasteiger partial charge in [0.1, 0.15) is 0 Å². The number of hydrogen-bond donors (Lipinski definition) is 2. The molecule has 0 spiro atoms. The summed E-state index contributed by atoms with van der Waals surface area (Å²) in [6.07, 6.45) is 1.07. The molecule has 2 N–H and O–H groups in total. The van der Waals surface area contributed by atoms with Crippen molar-refractivity contribution >= 4 is 23.0 Å². The van der Waals surface area contributed by atoms with Gasteiger partial charge in [0, 0.05) is 5.69 Å². The van der Waals surface area contributed by atoms with Gasteiger partial charge in [0.05, 0.1) is 6.04 Å². The molecular weight excluding hydrogens is 264 g/mol. The summed E-state index contributed by atoms with van der Waals surface area (Å²) in [5.74, 6) is 0. The van der Waals surface area contributed by atoms with Gasteiger partial charge in [-0.1, -0.05) is 49.4 Å². The van der Waals surface area contributed by atoms with Gasteiger partial charge in [0.2, 0.25) is 0 Å². The van der Waals surface area contributed by atoms with Crippen LogP contribution in [-0.2, 0) is 6.42 Å². The van der Waals surface area contributed by atoms with Crippen molar-refractivity contribution in [2.45, 2.75) is 26.3 Å². The van der Waals surface area contributed by atoms with Crippen molar-refractivity contribution in [2.75, 3.05) is 5.32 Å². The van der Waals surface area contributed by atoms with E-state index in [0.717, 1.165) is 12.1 Å². The maximum atomic E-state index is 5.34. The quantitative estimate of drug-likeness (QED) is 0.819. The van der Waals surface area contributed by atoms with E-state index in [0.29, 0.717) is 5.11 Å². The average molecular weight is 284 g/mol. The summed E-state index contributed by atoms with van der Waals surface area (Å²) in [5, 5.41) is 7.13. The van der Waals surface area contributed by atoms with Crippen molar-refractivity contribution < 1.29 is 0 Å². The summed E-state index contributed by atoms with van der Waals surface area (Å²) in [4.78, 5) is 0. The third-order valence-electron chi connectivity index (χ3n) is 3.27. The standard InChI is InChI=1S/C17H20N2S/c1-3-14-9-11-15(12-10-14)13(2)18-17(20)19-16-7-5-4-6-8-16/h4-13H,3H2,1-2H3,(H2,18,19,20). The predicted octanol–water partition coefficient (Wildman–Crippen LogP) is 4.30. The summed E-state index contributed by atoms with van der Waals surface area (Å²) in [7, 11) is 0. The summed E-state index contributed by atoms with van der Waals surface area (Å²) in [6, 6.07) is 18.8. The van der Waals surface area contributed by atoms with E-state index in [1.807, 2.05) is 30.3 Å². The molecule has 2 nitrogen and oxygen atoms in total. The first-order valence-corrected chi connectivity index (χ1v) is 7.31. The average Bonchev–Trinajstić information content (AvgIpc) is 2.48. The highest BCUT2D eigenvalue weighted by atomic mass is 32.1. The predicted molar refractivity (Wildman–Crippen MR) is 90.0 cm³/mol. The Hall–Kier alpha value is -1.87. The number of benzene rings is 2. The maximum absolute atomic E-state index is 5.34. The van der Waals surface area contributed by atoms with Crippen LogP contribution in [0.3, 0.4) is 0 Å². The Morgan fingerprint density at radius 2 is 1.70 bits per heavy atom. The number of hydrogen-bond acceptors (Lipinski definition) is 1. The molecule has 0 bridgehead atoms. The summed E-state index contributed by atoms with van der Waals surface area (Å²) < 4.78 is 0. The van der Waals surface area contributed by atoms with Crippen LogP contribution in [0.1, 0.15) is 31.0 Å². The number of thiocarbonyl (C=S) groups is 1. The molecular formula is C17H20N2S. The second-order valence-electron chi connectivity index (χ2n) is 4.78. The molecule has 0 aliphatic carbocycles. The van der Waals surface area contributed by atoms with Crippen LogP contribution in [0.25, 0.3) is 0 Å². The Morgan fingerprint density at radius 3 is 2.30 bits per heavy atom. The molecule has 0 aliphatic rings. The second-order valence-corrected chi connectivity index (χ2v) is 5.19. The van der Waals surface area contributed by atoms with Gasteiger partial charge in [-0.25, -0.2) is 0 Å². The first kappa shape index (κ1) is 14.5. The van der Waals surface area contributed by atoms with Crippen LogP contribution >= 0.6 is 12.2 Å². The fraction of sp³-hybridized carbons (Fsp3) is 0.235. The Morgan fingerprint density at radius 1 is 1.05 bits per heavy atom. The van der Waals surface area contributed by atoms with E-state index in [9.17, 15) is 0 Å². The molecule has 0 radical (unpaired) electrons. The van der Waals surface area contributed by atoms with E-state index in [1.165, 1.54) is 11.1 Å². The number of para-hydroxylation sites is 1. The first-order chi connectivity index (χ1) is 9.69. The first-order valence-electron chi connectivity index (χ1n) is 6.90. The number of aryl methyl sites for hydroxylation is 1. The maximum Gasteiger partial charge on any atom is 0.171 e. The highest BCUT2D eigenvalue weighted by Gasteiger charge is 2.06. The molecule has 0 fully saturated rings. The van der Waals surface area contributed by atoms with Gasteiger partial charge in [-0.2, -0.15) is 0 Å². The van der Waals surface area contributed by atoms with Crippen LogP contribution in [0.2, 0.25) is 0 Å². The van der Waals surface area contributed by atoms with Crippen molar-refractivity contribution in [3.8, 4) is 0 Å². The third-order valence-corrected chi connectivity index (χ3v) is 3.49. The molecule has 2 aromatic carbocycles. The van der Waals surface area contributed by atoms with Crippen LogP contribution in [0, 0.1) is 0 Å². The fourth-order valence-electron chi connectivity index (χ4n) is 2.01. The minimum absolute atomic E-state index is 0.185. The van der Waals surface area contributed by atoms with Crippen LogP contribution in [-0.4, -0.2) is 5.11 Å². The van der Waals surface area contributed by atoms with Gasteiger partial charge in [0.15, 0.2) is 5.11 Å². The molecule has 0 saturated heterocycles. The Kier molecular flexibility index (Phi) is 5.13. The largest absolute Gasteiger partial charge is 0.356 e. The van der Waals surface area contributed by atoms with E-state index < -0.39 is 0 Å². The Bertz CT molecular complexity index is 549. The lowest BCUT2D eigenvalue weighted by Crippen LogP contribution is -2.30. The van der Waals surface area contributed by atoms with E-state index in [2.05, 4.69) is 48.7 Å². The van der Waals surface area contributed by atoms with Gasteiger partial charge >= 0.3 is 0 Å². The normalized spacial score (nSPS) is 11.7. The van der Waals surface area contributed by atoms with Gasteiger partial charge in [-0.05, 0) is 48.8 Å². The Balaban J connectivity index is 1.93. The third kappa shape index (κ3) is 4.07. The van der Waals surface area contributed by atoms with Crippen molar-refractivity contribution in [2.24, 2.45) is 0 Å². The number of rotatable bonds is 4. The number of nitrogens with one attached hydrogen (secondary N) is 2. The van der Waals surface area contributed by atoms with E-state index in [1.54, 1.807) is 0 Å². The molecule has 2 rings (SSSR count). The van der Waals surface area contributed by atoms with E-state index >= 15 is 0 Å². The van der Waals surface area contributed by atoms with Crippen molar-refractivity contribution in [1.29, 1.82) is 0 Å². The van der Waals surface area contributed by atoms with Crippen LogP contribution < -0.4 is 10.6 Å². The minimum atomic E-state index is 0.185. The van der Waals surface area contributed by atoms with Gasteiger partial charge in [0.25, 0.3) is 0 Å². The smallest absolute Gasteiger partial charge is 0.171 e. The zero-order valence-corrected chi connectivity index (χ0v) is 12.7. The van der Waals surface area contributed by atoms with Gasteiger partial charge in [-0.3, -0.25) is 0 Å². The SMILES string of the molecule is CCc1ccc(C(C)NC(=S)Nc2ccccc2)cc1. The van der Waals surface area contributed by atoms with Crippen molar-refractivity contribution in [1.82, 2.24) is 5.32 Å². The topological polar surface area (TPSA) is 24.1 Å². The lowest BCUT2D eigenvalue weighted by atomic mass is 10.1. The molecule has 0 aliphatic heterocycles. The molecule has 104 valence electrons. The molecule has 1 atom stereocenters. The molecule has 3 heteroatoms. The van der Waals surface area contributed by atoms with Crippen LogP contribution in [0.5, 0.6) is 0 Å². The minimum Gasteiger partial charge on any atom is -0.356 e. The van der Waals surface area contributed by atoms with Crippen LogP contribution in [0.15, 0.2) is 54.6 Å². The Labute approximate surface area is 126 Å². The molecule has 0 saturated carbocycles. The monoisotopic (exact) mass is 284 g/mol. The highest BCUT2D eigenvalue weighted by molar-refractivity contribution is 7.80. The van der Waals surface area contributed by atoms with E-state index in [4.69, 9.17) is 12.2 Å². The summed E-state index contributed by atoms with van der Waals surface area (Å²) in [5.41, 5.74) is 3.59. The van der Waals surface area contributed by atoms with Crippen molar-refractivity contribution in [3.05, 3.63) is 65.7 Å². The molecule has 0 amide bonds. The van der Waals surface area contributed by atoms with Crippen LogP contribution in [0.4, 0.5) is 5.69 Å². The summed E-state index contributed by atoms with van der Waals surface area (Å²) in [6.45, 7) is 4.27. The van der Waals surface area contributed by atoms with Gasteiger partial charge < -0.3 is 10.6 Å². The summed E-state index contributed by atoms with van der Waals surface area (Å²) >= 11 is 5.34.